The number of fused-ring (bicyclic) bond motifs is 1. The van der Waals surface area contributed by atoms with Crippen LogP contribution < -0.4 is 9.62 Å². The lowest BCUT2D eigenvalue weighted by Gasteiger charge is -2.29. The minimum Gasteiger partial charge on any atom is -0.322 e. The Morgan fingerprint density at radius 1 is 1.10 bits per heavy atom. The summed E-state index contributed by atoms with van der Waals surface area (Å²) >= 11 is 0. The molecule has 2 aromatic carbocycles. The molecule has 1 aromatic heterocycles. The zero-order valence-corrected chi connectivity index (χ0v) is 17.5. The van der Waals surface area contributed by atoms with Crippen LogP contribution in [0.5, 0.6) is 0 Å². The third-order valence-corrected chi connectivity index (χ3v) is 6.32. The normalized spacial score (nSPS) is 13.6. The average Bonchev–Trinajstić information content (AvgIpc) is 2.74. The molecule has 0 spiro atoms. The maximum atomic E-state index is 12.7. The molecule has 3 aromatic rings. The summed E-state index contributed by atoms with van der Waals surface area (Å²) in [5.41, 5.74) is 4.87. The summed E-state index contributed by atoms with van der Waals surface area (Å²) in [6.07, 6.45) is 5.21. The molecule has 4 rings (SSSR count). The third kappa shape index (κ3) is 4.52. The summed E-state index contributed by atoms with van der Waals surface area (Å²) in [5, 5.41) is 2.91. The van der Waals surface area contributed by atoms with E-state index in [0.717, 1.165) is 36.1 Å². The second kappa shape index (κ2) is 8.28. The van der Waals surface area contributed by atoms with Gasteiger partial charge in [0.05, 0.1) is 11.9 Å². The number of aromatic nitrogens is 1. The number of nitrogens with zero attached hydrogens (tertiary/aromatic N) is 2. The van der Waals surface area contributed by atoms with E-state index in [9.17, 15) is 13.2 Å². The van der Waals surface area contributed by atoms with E-state index in [0.29, 0.717) is 23.5 Å². The Balaban J connectivity index is 1.46. The number of nitrogens with one attached hydrogen (secondary N) is 1. The summed E-state index contributed by atoms with van der Waals surface area (Å²) in [4.78, 5) is 17.0. The van der Waals surface area contributed by atoms with Crippen molar-refractivity contribution >= 4 is 27.3 Å². The number of aryl methyl sites for hydroxylation is 1. The van der Waals surface area contributed by atoms with E-state index in [1.807, 2.05) is 42.5 Å². The molecular formula is C23H23N3O3S. The molecule has 7 heteroatoms. The largest absolute Gasteiger partial charge is 0.322 e. The van der Waals surface area contributed by atoms with Crippen LogP contribution in [0.25, 0.3) is 0 Å². The minimum atomic E-state index is -3.32. The molecule has 2 heterocycles. The van der Waals surface area contributed by atoms with Crippen LogP contribution >= 0.6 is 0 Å². The fourth-order valence-electron chi connectivity index (χ4n) is 3.67. The smallest absolute Gasteiger partial charge is 0.255 e. The van der Waals surface area contributed by atoms with Gasteiger partial charge in [-0.05, 0) is 66.4 Å². The van der Waals surface area contributed by atoms with Crippen molar-refractivity contribution in [3.8, 4) is 0 Å². The van der Waals surface area contributed by atoms with E-state index in [2.05, 4.69) is 10.3 Å². The van der Waals surface area contributed by atoms with Crippen molar-refractivity contribution in [3.05, 3.63) is 89.2 Å². The van der Waals surface area contributed by atoms with Crippen molar-refractivity contribution in [3.63, 3.8) is 0 Å². The number of hydrogen-bond acceptors (Lipinski definition) is 4. The van der Waals surface area contributed by atoms with Gasteiger partial charge >= 0.3 is 0 Å². The molecule has 0 bridgehead atoms. The third-order valence-electron chi connectivity index (χ3n) is 5.14. The number of amides is 1. The summed E-state index contributed by atoms with van der Waals surface area (Å²) in [5.74, 6) is -0.216. The molecular weight excluding hydrogens is 398 g/mol. The van der Waals surface area contributed by atoms with E-state index in [4.69, 9.17) is 0 Å². The minimum absolute atomic E-state index is 0.216. The Kier molecular flexibility index (Phi) is 5.55. The van der Waals surface area contributed by atoms with Gasteiger partial charge in [0, 0.05) is 36.1 Å². The van der Waals surface area contributed by atoms with E-state index in [-0.39, 0.29) is 5.91 Å². The van der Waals surface area contributed by atoms with Gasteiger partial charge < -0.3 is 5.32 Å². The number of sulfonamides is 1. The molecule has 0 saturated heterocycles. The van der Waals surface area contributed by atoms with Crippen molar-refractivity contribution in [2.24, 2.45) is 0 Å². The Labute approximate surface area is 176 Å². The van der Waals surface area contributed by atoms with Crippen LogP contribution in [-0.2, 0) is 22.9 Å². The highest BCUT2D eigenvalue weighted by Crippen LogP contribution is 2.30. The van der Waals surface area contributed by atoms with Gasteiger partial charge in [-0.3, -0.25) is 14.1 Å². The molecule has 1 aliphatic rings. The topological polar surface area (TPSA) is 79.4 Å². The first-order valence-electron chi connectivity index (χ1n) is 9.81. The first-order valence-corrected chi connectivity index (χ1v) is 11.7. The van der Waals surface area contributed by atoms with E-state index in [1.165, 1.54) is 10.6 Å². The van der Waals surface area contributed by atoms with Crippen LogP contribution in [0.1, 0.15) is 33.6 Å². The number of carbonyl (C=O) groups is 1. The Morgan fingerprint density at radius 2 is 1.90 bits per heavy atom. The molecule has 0 aliphatic carbocycles. The number of benzene rings is 2. The standard InChI is InChI=1S/C23H23N3O3S/c1-30(28,29)26-14-4-5-18-16-19(9-12-22(18)26)23(27)25-20-10-7-17(8-11-20)15-21-6-2-3-13-24-21/h2-3,6-13,16H,4-5,14-15H2,1H3,(H,25,27). The Morgan fingerprint density at radius 3 is 2.60 bits per heavy atom. The molecule has 1 N–H and O–H groups in total. The second-order valence-electron chi connectivity index (χ2n) is 7.43. The van der Waals surface area contributed by atoms with Crippen molar-refractivity contribution in [1.29, 1.82) is 0 Å². The predicted octanol–water partition coefficient (Wildman–Crippen LogP) is 3.64. The van der Waals surface area contributed by atoms with Gasteiger partial charge in [0.25, 0.3) is 5.91 Å². The highest BCUT2D eigenvalue weighted by atomic mass is 32.2. The highest BCUT2D eigenvalue weighted by molar-refractivity contribution is 7.92. The molecule has 0 saturated carbocycles. The van der Waals surface area contributed by atoms with Gasteiger partial charge in [0.2, 0.25) is 10.0 Å². The monoisotopic (exact) mass is 421 g/mol. The second-order valence-corrected chi connectivity index (χ2v) is 9.34. The van der Waals surface area contributed by atoms with Crippen LogP contribution in [0.3, 0.4) is 0 Å². The number of hydrogen-bond donors (Lipinski definition) is 1. The summed E-state index contributed by atoms with van der Waals surface area (Å²) in [6.45, 7) is 0.474. The van der Waals surface area contributed by atoms with Crippen molar-refractivity contribution in [2.45, 2.75) is 19.3 Å². The predicted molar refractivity (Wildman–Crippen MR) is 118 cm³/mol. The van der Waals surface area contributed by atoms with Crippen molar-refractivity contribution in [1.82, 2.24) is 4.98 Å². The lowest BCUT2D eigenvalue weighted by Crippen LogP contribution is -2.34. The lowest BCUT2D eigenvalue weighted by molar-refractivity contribution is 0.102. The highest BCUT2D eigenvalue weighted by Gasteiger charge is 2.24. The van der Waals surface area contributed by atoms with Crippen LogP contribution in [0.15, 0.2) is 66.9 Å². The Bertz CT molecular complexity index is 1160. The maximum Gasteiger partial charge on any atom is 0.255 e. The molecule has 1 aliphatic heterocycles. The van der Waals surface area contributed by atoms with Gasteiger partial charge in [-0.2, -0.15) is 0 Å². The first kappa shape index (κ1) is 20.1. The van der Waals surface area contributed by atoms with Crippen LogP contribution in [0.4, 0.5) is 11.4 Å². The van der Waals surface area contributed by atoms with Crippen LogP contribution in [0, 0.1) is 0 Å². The van der Waals surface area contributed by atoms with Crippen LogP contribution in [0.2, 0.25) is 0 Å². The Hall–Kier alpha value is -3.19. The van der Waals surface area contributed by atoms with E-state index < -0.39 is 10.0 Å². The van der Waals surface area contributed by atoms with E-state index in [1.54, 1.807) is 24.4 Å². The molecule has 6 nitrogen and oxygen atoms in total. The fraction of sp³-hybridized carbons (Fsp3) is 0.217. The quantitative estimate of drug-likeness (QED) is 0.682. The molecule has 30 heavy (non-hydrogen) atoms. The van der Waals surface area contributed by atoms with Gasteiger partial charge in [-0.25, -0.2) is 8.42 Å². The molecule has 0 unspecified atom stereocenters. The molecule has 0 atom stereocenters. The molecule has 0 radical (unpaired) electrons. The summed E-state index contributed by atoms with van der Waals surface area (Å²) in [7, 11) is -3.32. The fourth-order valence-corrected chi connectivity index (χ4v) is 4.67. The molecule has 0 fully saturated rings. The van der Waals surface area contributed by atoms with E-state index >= 15 is 0 Å². The lowest BCUT2D eigenvalue weighted by atomic mass is 10.0. The molecule has 154 valence electrons. The van der Waals surface area contributed by atoms with Gasteiger partial charge in [0.15, 0.2) is 0 Å². The summed E-state index contributed by atoms with van der Waals surface area (Å²) in [6, 6.07) is 18.7. The molecule has 1 amide bonds. The summed E-state index contributed by atoms with van der Waals surface area (Å²) < 4.78 is 25.4. The average molecular weight is 422 g/mol. The van der Waals surface area contributed by atoms with Crippen molar-refractivity contribution in [2.75, 3.05) is 22.4 Å². The SMILES string of the molecule is CS(=O)(=O)N1CCCc2cc(C(=O)Nc3ccc(Cc4ccccn4)cc3)ccc21. The number of rotatable bonds is 5. The maximum absolute atomic E-state index is 12.7. The number of pyridine rings is 1. The zero-order chi connectivity index (χ0) is 21.1. The van der Waals surface area contributed by atoms with Gasteiger partial charge in [0.1, 0.15) is 0 Å². The first-order chi connectivity index (χ1) is 14.4. The van der Waals surface area contributed by atoms with Crippen molar-refractivity contribution < 1.29 is 13.2 Å². The zero-order valence-electron chi connectivity index (χ0n) is 16.7. The van der Waals surface area contributed by atoms with Gasteiger partial charge in [-0.1, -0.05) is 18.2 Å². The number of anilines is 2. The van der Waals surface area contributed by atoms with Crippen LogP contribution in [-0.4, -0.2) is 32.1 Å². The van der Waals surface area contributed by atoms with Gasteiger partial charge in [-0.15, -0.1) is 0 Å². The number of carbonyl (C=O) groups excluding carboxylic acids is 1.